The molecule has 0 spiro atoms. The molecule has 1 aliphatic rings. The predicted molar refractivity (Wildman–Crippen MR) is 72.7 cm³/mol. The lowest BCUT2D eigenvalue weighted by atomic mass is 9.96. The maximum Gasteiger partial charge on any atom is 0.226 e. The van der Waals surface area contributed by atoms with Gasteiger partial charge in [-0.15, -0.1) is 12.4 Å². The molecule has 1 aliphatic heterocycles. The number of furan rings is 1. The highest BCUT2D eigenvalue weighted by molar-refractivity contribution is 5.85. The van der Waals surface area contributed by atoms with Gasteiger partial charge in [0.25, 0.3) is 0 Å². The first kappa shape index (κ1) is 15.1. The predicted octanol–water partition coefficient (Wildman–Crippen LogP) is 2.22. The van der Waals surface area contributed by atoms with Gasteiger partial charge in [0.15, 0.2) is 0 Å². The van der Waals surface area contributed by atoms with Crippen LogP contribution in [0.3, 0.4) is 0 Å². The molecule has 0 radical (unpaired) electrons. The van der Waals surface area contributed by atoms with E-state index in [1.807, 2.05) is 26.1 Å². The average Bonchev–Trinajstić information content (AvgIpc) is 2.91. The Balaban J connectivity index is 0.00000162. The van der Waals surface area contributed by atoms with E-state index in [0.29, 0.717) is 0 Å². The first-order valence-electron chi connectivity index (χ1n) is 6.21. The number of halogens is 1. The third-order valence-corrected chi connectivity index (χ3v) is 3.57. The number of carbonyl (C=O) groups is 1. The summed E-state index contributed by atoms with van der Waals surface area (Å²) >= 11 is 0. The third-order valence-electron chi connectivity index (χ3n) is 3.57. The fraction of sp³-hybridized carbons (Fsp3) is 0.615. The Bertz CT molecular complexity index is 361. The topological polar surface area (TPSA) is 45.5 Å². The van der Waals surface area contributed by atoms with Crippen LogP contribution in [0.5, 0.6) is 0 Å². The van der Waals surface area contributed by atoms with Crippen LogP contribution in [0.25, 0.3) is 0 Å². The van der Waals surface area contributed by atoms with Crippen molar-refractivity contribution in [1.82, 2.24) is 10.2 Å². The lowest BCUT2D eigenvalue weighted by Gasteiger charge is -2.30. The van der Waals surface area contributed by atoms with Crippen LogP contribution in [0.2, 0.25) is 0 Å². The molecule has 1 amide bonds. The number of hydrogen-bond acceptors (Lipinski definition) is 3. The number of nitrogens with one attached hydrogen (secondary N) is 1. The van der Waals surface area contributed by atoms with E-state index in [9.17, 15) is 4.79 Å². The second-order valence-electron chi connectivity index (χ2n) is 4.66. The summed E-state index contributed by atoms with van der Waals surface area (Å²) in [5, 5.41) is 3.28. The summed E-state index contributed by atoms with van der Waals surface area (Å²) in [7, 11) is 1.86. The lowest BCUT2D eigenvalue weighted by Crippen LogP contribution is -2.40. The monoisotopic (exact) mass is 272 g/mol. The van der Waals surface area contributed by atoms with E-state index in [-0.39, 0.29) is 30.3 Å². The zero-order valence-electron chi connectivity index (χ0n) is 10.9. The molecule has 1 unspecified atom stereocenters. The van der Waals surface area contributed by atoms with Crippen LogP contribution in [0.4, 0.5) is 0 Å². The summed E-state index contributed by atoms with van der Waals surface area (Å²) in [6.45, 7) is 3.89. The highest BCUT2D eigenvalue weighted by Gasteiger charge is 2.27. The van der Waals surface area contributed by atoms with Gasteiger partial charge < -0.3 is 14.6 Å². The maximum absolute atomic E-state index is 12.3. The summed E-state index contributed by atoms with van der Waals surface area (Å²) in [6.07, 6.45) is 3.52. The Hall–Kier alpha value is -1.000. The molecule has 1 aromatic rings. The van der Waals surface area contributed by atoms with E-state index in [1.165, 1.54) is 0 Å². The largest absolute Gasteiger partial charge is 0.467 e. The van der Waals surface area contributed by atoms with Crippen LogP contribution in [-0.2, 0) is 4.79 Å². The summed E-state index contributed by atoms with van der Waals surface area (Å²) in [5.74, 6) is 1.24. The second kappa shape index (κ2) is 6.81. The Morgan fingerprint density at radius 2 is 2.17 bits per heavy atom. The molecule has 0 bridgehead atoms. The first-order chi connectivity index (χ1) is 8.20. The molecule has 4 nitrogen and oxygen atoms in total. The van der Waals surface area contributed by atoms with Crippen LogP contribution in [-0.4, -0.2) is 30.9 Å². The molecule has 1 saturated heterocycles. The van der Waals surface area contributed by atoms with Gasteiger partial charge in [0.1, 0.15) is 5.76 Å². The van der Waals surface area contributed by atoms with Gasteiger partial charge in [-0.25, -0.2) is 0 Å². The fourth-order valence-electron chi connectivity index (χ4n) is 2.27. The molecule has 1 fully saturated rings. The Morgan fingerprint density at radius 1 is 1.50 bits per heavy atom. The Morgan fingerprint density at radius 3 is 2.72 bits per heavy atom. The van der Waals surface area contributed by atoms with Gasteiger partial charge in [-0.05, 0) is 45.0 Å². The van der Waals surface area contributed by atoms with Crippen LogP contribution in [0.15, 0.2) is 22.8 Å². The number of piperidine rings is 1. The van der Waals surface area contributed by atoms with E-state index < -0.39 is 0 Å². The van der Waals surface area contributed by atoms with Crippen molar-refractivity contribution in [3.63, 3.8) is 0 Å². The van der Waals surface area contributed by atoms with Gasteiger partial charge in [-0.3, -0.25) is 4.79 Å². The number of hydrogen-bond donors (Lipinski definition) is 1. The van der Waals surface area contributed by atoms with Gasteiger partial charge >= 0.3 is 0 Å². The molecule has 5 heteroatoms. The highest BCUT2D eigenvalue weighted by Crippen LogP contribution is 2.23. The normalized spacial score (nSPS) is 17.9. The molecular formula is C13H21ClN2O2. The zero-order valence-corrected chi connectivity index (χ0v) is 11.7. The SMILES string of the molecule is CC(c1ccco1)N(C)C(=O)C1CCNCC1.Cl. The molecular weight excluding hydrogens is 252 g/mol. The van der Waals surface area contributed by atoms with Crippen molar-refractivity contribution in [3.05, 3.63) is 24.2 Å². The molecule has 0 aromatic carbocycles. The van der Waals surface area contributed by atoms with Crippen molar-refractivity contribution in [1.29, 1.82) is 0 Å². The van der Waals surface area contributed by atoms with E-state index in [2.05, 4.69) is 5.32 Å². The summed E-state index contributed by atoms with van der Waals surface area (Å²) in [6, 6.07) is 3.78. The van der Waals surface area contributed by atoms with E-state index in [4.69, 9.17) is 4.42 Å². The number of nitrogens with zero attached hydrogens (tertiary/aromatic N) is 1. The number of carbonyl (C=O) groups excluding carboxylic acids is 1. The Labute approximate surface area is 114 Å². The molecule has 0 aliphatic carbocycles. The van der Waals surface area contributed by atoms with Crippen molar-refractivity contribution >= 4 is 18.3 Å². The standard InChI is InChI=1S/C13H20N2O2.ClH/c1-10(12-4-3-9-17-12)15(2)13(16)11-5-7-14-8-6-11;/h3-4,9-11,14H,5-8H2,1-2H3;1H. The Kier molecular flexibility index (Phi) is 5.69. The molecule has 1 N–H and O–H groups in total. The zero-order chi connectivity index (χ0) is 12.3. The third kappa shape index (κ3) is 3.27. The van der Waals surface area contributed by atoms with Crippen LogP contribution in [0.1, 0.15) is 31.6 Å². The molecule has 1 atom stereocenters. The fourth-order valence-corrected chi connectivity index (χ4v) is 2.27. The maximum atomic E-state index is 12.3. The summed E-state index contributed by atoms with van der Waals surface area (Å²) in [5.41, 5.74) is 0. The van der Waals surface area contributed by atoms with Crippen molar-refractivity contribution in [2.24, 2.45) is 5.92 Å². The van der Waals surface area contributed by atoms with E-state index in [0.717, 1.165) is 31.7 Å². The summed E-state index contributed by atoms with van der Waals surface area (Å²) in [4.78, 5) is 14.1. The number of rotatable bonds is 3. The average molecular weight is 273 g/mol. The molecule has 2 heterocycles. The highest BCUT2D eigenvalue weighted by atomic mass is 35.5. The minimum Gasteiger partial charge on any atom is -0.467 e. The van der Waals surface area contributed by atoms with Gasteiger partial charge in [-0.2, -0.15) is 0 Å². The van der Waals surface area contributed by atoms with Crippen molar-refractivity contribution < 1.29 is 9.21 Å². The van der Waals surface area contributed by atoms with Gasteiger partial charge in [0.05, 0.1) is 12.3 Å². The quantitative estimate of drug-likeness (QED) is 0.918. The molecule has 102 valence electrons. The lowest BCUT2D eigenvalue weighted by molar-refractivity contribution is -0.137. The second-order valence-corrected chi connectivity index (χ2v) is 4.66. The van der Waals surface area contributed by atoms with Crippen molar-refractivity contribution in [3.8, 4) is 0 Å². The van der Waals surface area contributed by atoms with Gasteiger partial charge in [0, 0.05) is 13.0 Å². The van der Waals surface area contributed by atoms with Gasteiger partial charge in [0.2, 0.25) is 5.91 Å². The van der Waals surface area contributed by atoms with Crippen LogP contribution >= 0.6 is 12.4 Å². The first-order valence-corrected chi connectivity index (χ1v) is 6.21. The molecule has 0 saturated carbocycles. The van der Waals surface area contributed by atoms with Crippen LogP contribution in [0, 0.1) is 5.92 Å². The smallest absolute Gasteiger partial charge is 0.226 e. The van der Waals surface area contributed by atoms with E-state index in [1.54, 1.807) is 11.2 Å². The number of amides is 1. The molecule has 2 rings (SSSR count). The van der Waals surface area contributed by atoms with Gasteiger partial charge in [-0.1, -0.05) is 0 Å². The minimum atomic E-state index is 0. The molecule has 18 heavy (non-hydrogen) atoms. The van der Waals surface area contributed by atoms with E-state index >= 15 is 0 Å². The summed E-state index contributed by atoms with van der Waals surface area (Å²) < 4.78 is 5.35. The van der Waals surface area contributed by atoms with Crippen molar-refractivity contribution in [2.45, 2.75) is 25.8 Å². The molecule has 1 aromatic heterocycles. The minimum absolute atomic E-state index is 0. The van der Waals surface area contributed by atoms with Crippen molar-refractivity contribution in [2.75, 3.05) is 20.1 Å². The van der Waals surface area contributed by atoms with Crippen LogP contribution < -0.4 is 5.32 Å².